The van der Waals surface area contributed by atoms with Crippen molar-refractivity contribution in [2.24, 2.45) is 5.92 Å². The van der Waals surface area contributed by atoms with E-state index in [0.717, 1.165) is 35.6 Å². The summed E-state index contributed by atoms with van der Waals surface area (Å²) in [5.41, 5.74) is 1.68. The van der Waals surface area contributed by atoms with E-state index in [1.165, 1.54) is 19.3 Å². The van der Waals surface area contributed by atoms with Crippen molar-refractivity contribution in [3.05, 3.63) is 28.2 Å². The van der Waals surface area contributed by atoms with E-state index in [1.807, 2.05) is 0 Å². The van der Waals surface area contributed by atoms with Crippen molar-refractivity contribution in [2.45, 2.75) is 50.9 Å². The predicted molar refractivity (Wildman–Crippen MR) is 88.2 cm³/mol. The highest BCUT2D eigenvalue weighted by molar-refractivity contribution is 9.10. The van der Waals surface area contributed by atoms with E-state index in [-0.39, 0.29) is 5.82 Å². The molecule has 1 aliphatic rings. The van der Waals surface area contributed by atoms with Crippen LogP contribution in [0.2, 0.25) is 0 Å². The molecule has 0 aliphatic heterocycles. The van der Waals surface area contributed by atoms with Crippen LogP contribution in [0.25, 0.3) is 11.0 Å². The quantitative estimate of drug-likeness (QED) is 0.479. The fourth-order valence-electron chi connectivity index (χ4n) is 3.37. The van der Waals surface area contributed by atoms with E-state index in [1.54, 1.807) is 12.1 Å². The molecule has 2 unspecified atom stereocenters. The molecule has 1 heterocycles. The molecule has 21 heavy (non-hydrogen) atoms. The molecule has 0 spiro atoms. The Kier molecular flexibility index (Phi) is 4.55. The summed E-state index contributed by atoms with van der Waals surface area (Å²) < 4.78 is 16.6. The summed E-state index contributed by atoms with van der Waals surface area (Å²) in [6.07, 6.45) is 5.95. The number of aromatic nitrogens is 2. The van der Waals surface area contributed by atoms with Gasteiger partial charge in [-0.1, -0.05) is 19.8 Å². The average molecular weight is 374 g/mol. The summed E-state index contributed by atoms with van der Waals surface area (Å²) in [4.78, 5) is 4.59. The number of rotatable bonds is 2. The third-order valence-corrected chi connectivity index (χ3v) is 5.36. The Labute approximate surface area is 137 Å². The van der Waals surface area contributed by atoms with E-state index in [2.05, 4.69) is 32.4 Å². The lowest BCUT2D eigenvalue weighted by Crippen LogP contribution is -2.11. The fourth-order valence-corrected chi connectivity index (χ4v) is 3.89. The molecule has 1 saturated carbocycles. The van der Waals surface area contributed by atoms with Crippen LogP contribution in [0.5, 0.6) is 0 Å². The number of halogens is 3. The molecule has 0 saturated heterocycles. The monoisotopic (exact) mass is 372 g/mol. The standard InChI is InChI=1S/C16H19BrClFN2/c1-10-3-2-4-11(6-5-10)21-15-8-13(19)12(17)7-14(15)20-16(21)9-18/h7-8,10-11H,2-6,9H2,1H3. The van der Waals surface area contributed by atoms with Crippen LogP contribution in [0.15, 0.2) is 16.6 Å². The molecule has 114 valence electrons. The van der Waals surface area contributed by atoms with Gasteiger partial charge in [-0.2, -0.15) is 0 Å². The Morgan fingerprint density at radius 1 is 1.33 bits per heavy atom. The highest BCUT2D eigenvalue weighted by Crippen LogP contribution is 2.35. The number of benzene rings is 1. The maximum Gasteiger partial charge on any atom is 0.139 e. The van der Waals surface area contributed by atoms with Gasteiger partial charge in [-0.3, -0.25) is 0 Å². The van der Waals surface area contributed by atoms with Crippen LogP contribution in [0.4, 0.5) is 4.39 Å². The van der Waals surface area contributed by atoms with Crippen LogP contribution in [-0.2, 0) is 5.88 Å². The normalized spacial score (nSPS) is 23.4. The minimum absolute atomic E-state index is 0.244. The van der Waals surface area contributed by atoms with E-state index in [4.69, 9.17) is 11.6 Å². The molecule has 2 aromatic rings. The van der Waals surface area contributed by atoms with Gasteiger partial charge in [0.25, 0.3) is 0 Å². The molecular weight excluding hydrogens is 355 g/mol. The third-order valence-electron chi connectivity index (χ3n) is 4.52. The molecule has 2 atom stereocenters. The first-order valence-corrected chi connectivity index (χ1v) is 8.84. The largest absolute Gasteiger partial charge is 0.324 e. The van der Waals surface area contributed by atoms with Crippen molar-refractivity contribution in [1.29, 1.82) is 0 Å². The van der Waals surface area contributed by atoms with E-state index in [9.17, 15) is 4.39 Å². The molecule has 3 rings (SSSR count). The van der Waals surface area contributed by atoms with Crippen LogP contribution < -0.4 is 0 Å². The lowest BCUT2D eigenvalue weighted by Gasteiger charge is -2.19. The number of hydrogen-bond acceptors (Lipinski definition) is 1. The Balaban J connectivity index is 2.09. The molecule has 1 fully saturated rings. The Bertz CT molecular complexity index is 655. The van der Waals surface area contributed by atoms with Crippen LogP contribution >= 0.6 is 27.5 Å². The first kappa shape index (κ1) is 15.3. The molecule has 0 N–H and O–H groups in total. The van der Waals surface area contributed by atoms with Gasteiger partial charge in [0.2, 0.25) is 0 Å². The van der Waals surface area contributed by atoms with Crippen molar-refractivity contribution in [3.8, 4) is 0 Å². The van der Waals surface area contributed by atoms with Crippen molar-refractivity contribution >= 4 is 38.6 Å². The van der Waals surface area contributed by atoms with E-state index >= 15 is 0 Å². The Morgan fingerprint density at radius 3 is 2.90 bits per heavy atom. The third kappa shape index (κ3) is 2.98. The number of nitrogens with zero attached hydrogens (tertiary/aromatic N) is 2. The summed E-state index contributed by atoms with van der Waals surface area (Å²) in [6, 6.07) is 3.71. The van der Waals surface area contributed by atoms with Gasteiger partial charge in [0.1, 0.15) is 11.6 Å². The predicted octanol–water partition coefficient (Wildman–Crippen LogP) is 5.82. The van der Waals surface area contributed by atoms with Crippen molar-refractivity contribution < 1.29 is 4.39 Å². The molecule has 2 nitrogen and oxygen atoms in total. The van der Waals surface area contributed by atoms with Gasteiger partial charge >= 0.3 is 0 Å². The first-order chi connectivity index (χ1) is 10.1. The smallest absolute Gasteiger partial charge is 0.139 e. The van der Waals surface area contributed by atoms with E-state index in [0.29, 0.717) is 16.4 Å². The van der Waals surface area contributed by atoms with Gasteiger partial charge in [-0.25, -0.2) is 9.37 Å². The van der Waals surface area contributed by atoms with E-state index < -0.39 is 0 Å². The van der Waals surface area contributed by atoms with Gasteiger partial charge in [-0.15, -0.1) is 11.6 Å². The lowest BCUT2D eigenvalue weighted by atomic mass is 10.0. The topological polar surface area (TPSA) is 17.8 Å². The van der Waals surface area contributed by atoms with Crippen LogP contribution in [0.1, 0.15) is 50.9 Å². The van der Waals surface area contributed by atoms with Crippen molar-refractivity contribution in [1.82, 2.24) is 9.55 Å². The van der Waals surface area contributed by atoms with Gasteiger partial charge in [0.05, 0.1) is 21.4 Å². The lowest BCUT2D eigenvalue weighted by molar-refractivity contribution is 0.433. The molecular formula is C16H19BrClFN2. The fraction of sp³-hybridized carbons (Fsp3) is 0.562. The highest BCUT2D eigenvalue weighted by Gasteiger charge is 2.23. The zero-order valence-corrected chi connectivity index (χ0v) is 14.4. The SMILES string of the molecule is CC1CCCC(n2c(CCl)nc3cc(Br)c(F)cc32)CC1. The maximum absolute atomic E-state index is 13.9. The molecule has 5 heteroatoms. The van der Waals surface area contributed by atoms with Gasteiger partial charge in [0.15, 0.2) is 0 Å². The number of imidazole rings is 1. The minimum Gasteiger partial charge on any atom is -0.324 e. The van der Waals surface area contributed by atoms with Crippen LogP contribution in [0, 0.1) is 11.7 Å². The number of fused-ring (bicyclic) bond motifs is 1. The molecule has 0 bridgehead atoms. The van der Waals surface area contributed by atoms with Crippen molar-refractivity contribution in [3.63, 3.8) is 0 Å². The molecule has 1 aromatic carbocycles. The summed E-state index contributed by atoms with van der Waals surface area (Å²) >= 11 is 9.31. The van der Waals surface area contributed by atoms with Gasteiger partial charge in [0, 0.05) is 12.1 Å². The molecule has 0 radical (unpaired) electrons. The maximum atomic E-state index is 13.9. The Morgan fingerprint density at radius 2 is 2.14 bits per heavy atom. The molecule has 0 amide bonds. The van der Waals surface area contributed by atoms with Crippen LogP contribution in [0.3, 0.4) is 0 Å². The zero-order chi connectivity index (χ0) is 15.0. The summed E-state index contributed by atoms with van der Waals surface area (Å²) in [6.45, 7) is 2.31. The molecule has 1 aromatic heterocycles. The second kappa shape index (κ2) is 6.25. The second-order valence-corrected chi connectivity index (χ2v) is 7.18. The zero-order valence-electron chi connectivity index (χ0n) is 12.1. The van der Waals surface area contributed by atoms with Crippen molar-refractivity contribution in [2.75, 3.05) is 0 Å². The molecule has 1 aliphatic carbocycles. The highest BCUT2D eigenvalue weighted by atomic mass is 79.9. The van der Waals surface area contributed by atoms with Crippen LogP contribution in [-0.4, -0.2) is 9.55 Å². The minimum atomic E-state index is -0.244. The van der Waals surface area contributed by atoms with Gasteiger partial charge < -0.3 is 4.57 Å². The summed E-state index contributed by atoms with van der Waals surface area (Å²) in [5.74, 6) is 1.74. The second-order valence-electron chi connectivity index (χ2n) is 6.05. The Hall–Kier alpha value is -0.610. The summed E-state index contributed by atoms with van der Waals surface area (Å²) in [5, 5.41) is 0. The summed E-state index contributed by atoms with van der Waals surface area (Å²) in [7, 11) is 0. The first-order valence-electron chi connectivity index (χ1n) is 7.52. The number of alkyl halides is 1. The van der Waals surface area contributed by atoms with Gasteiger partial charge in [-0.05, 0) is 47.2 Å². The number of hydrogen-bond donors (Lipinski definition) is 0. The average Bonchev–Trinajstić information content (AvgIpc) is 2.66.